The van der Waals surface area contributed by atoms with Crippen LogP contribution >= 0.6 is 0 Å². The van der Waals surface area contributed by atoms with Gasteiger partial charge in [-0.3, -0.25) is 14.3 Å². The van der Waals surface area contributed by atoms with Crippen LogP contribution in [0.4, 0.5) is 11.9 Å². The summed E-state index contributed by atoms with van der Waals surface area (Å²) >= 11 is 0. The number of benzene rings is 1. The number of nitrogens with zero attached hydrogens (tertiary/aromatic N) is 4. The number of aliphatic hydroxyl groups excluding tert-OH is 3. The fraction of sp³-hybridized carbons (Fsp3) is 0.450. The maximum Gasteiger partial charge on any atom is 0.280 e. The number of anilines is 2. The van der Waals surface area contributed by atoms with Crippen LogP contribution in [0.3, 0.4) is 0 Å². The molecular formula is C20H24N6O5. The van der Waals surface area contributed by atoms with Crippen molar-refractivity contribution in [3.63, 3.8) is 0 Å². The van der Waals surface area contributed by atoms with Gasteiger partial charge in [0.15, 0.2) is 17.4 Å². The smallest absolute Gasteiger partial charge is 0.280 e. The fourth-order valence-corrected chi connectivity index (χ4v) is 4.48. The van der Waals surface area contributed by atoms with Crippen LogP contribution in [0.25, 0.3) is 11.2 Å². The lowest BCUT2D eigenvalue weighted by Gasteiger charge is -2.24. The number of aliphatic hydroxyl groups is 3. The largest absolute Gasteiger partial charge is 0.394 e. The SMILES string of the molecule is Nc1nc2c(nc(N3CCC(c4ccccc4)C3)n2C2OC(CO)C(O)C2O)c(=O)[nH]1. The first-order chi connectivity index (χ1) is 15.0. The number of hydrogen-bond donors (Lipinski definition) is 5. The fourth-order valence-electron chi connectivity index (χ4n) is 4.48. The van der Waals surface area contributed by atoms with Gasteiger partial charge < -0.3 is 30.7 Å². The Morgan fingerprint density at radius 2 is 1.97 bits per heavy atom. The minimum atomic E-state index is -1.34. The van der Waals surface area contributed by atoms with E-state index < -0.39 is 36.7 Å². The van der Waals surface area contributed by atoms with Crippen LogP contribution in [-0.4, -0.2) is 72.8 Å². The van der Waals surface area contributed by atoms with Crippen molar-refractivity contribution in [1.82, 2.24) is 19.5 Å². The third kappa shape index (κ3) is 3.26. The molecule has 0 amide bonds. The average Bonchev–Trinajstić information content (AvgIpc) is 3.46. The summed E-state index contributed by atoms with van der Waals surface area (Å²) in [5.41, 5.74) is 6.66. The van der Waals surface area contributed by atoms with Gasteiger partial charge in [-0.1, -0.05) is 30.3 Å². The van der Waals surface area contributed by atoms with Crippen LogP contribution in [-0.2, 0) is 4.74 Å². The third-order valence-corrected chi connectivity index (χ3v) is 6.06. The predicted octanol–water partition coefficient (Wildman–Crippen LogP) is -0.693. The standard InChI is InChI=1S/C20H24N6O5/c21-19-23-16-13(17(30)24-19)22-20(26(16)18-15(29)14(28)12(9-27)31-18)25-7-6-11(8-25)10-4-2-1-3-5-10/h1-5,11-12,14-15,18,27-29H,6-9H2,(H3,21,23,24,30). The summed E-state index contributed by atoms with van der Waals surface area (Å²) in [5, 5.41) is 30.4. The monoisotopic (exact) mass is 428 g/mol. The van der Waals surface area contributed by atoms with Crippen LogP contribution < -0.4 is 16.2 Å². The number of hydrogen-bond acceptors (Lipinski definition) is 9. The summed E-state index contributed by atoms with van der Waals surface area (Å²) in [7, 11) is 0. The van der Waals surface area contributed by atoms with Crippen molar-refractivity contribution in [1.29, 1.82) is 0 Å². The Balaban J connectivity index is 1.59. The van der Waals surface area contributed by atoms with Gasteiger partial charge in [0.2, 0.25) is 11.9 Å². The van der Waals surface area contributed by atoms with Gasteiger partial charge in [-0.05, 0) is 12.0 Å². The molecule has 2 aliphatic heterocycles. The number of imidazole rings is 1. The van der Waals surface area contributed by atoms with E-state index in [9.17, 15) is 20.1 Å². The molecule has 0 bridgehead atoms. The Labute approximate surface area is 176 Å². The molecule has 11 nitrogen and oxygen atoms in total. The topological polar surface area (TPSA) is 163 Å². The molecule has 5 unspecified atom stereocenters. The first-order valence-electron chi connectivity index (χ1n) is 10.2. The van der Waals surface area contributed by atoms with Gasteiger partial charge in [-0.2, -0.15) is 4.98 Å². The molecule has 2 fully saturated rings. The molecule has 0 radical (unpaired) electrons. The quantitative estimate of drug-likeness (QED) is 0.362. The zero-order valence-electron chi connectivity index (χ0n) is 16.6. The summed E-state index contributed by atoms with van der Waals surface area (Å²) < 4.78 is 7.23. The van der Waals surface area contributed by atoms with E-state index in [4.69, 9.17) is 10.5 Å². The molecule has 3 aromatic rings. The molecule has 2 aromatic heterocycles. The molecule has 0 aliphatic carbocycles. The van der Waals surface area contributed by atoms with Gasteiger partial charge in [0, 0.05) is 19.0 Å². The highest BCUT2D eigenvalue weighted by Crippen LogP contribution is 2.37. The minimum Gasteiger partial charge on any atom is -0.394 e. The van der Waals surface area contributed by atoms with Crippen molar-refractivity contribution >= 4 is 23.1 Å². The first kappa shape index (κ1) is 19.9. The molecule has 11 heteroatoms. The second-order valence-electron chi connectivity index (χ2n) is 7.98. The maximum atomic E-state index is 12.5. The van der Waals surface area contributed by atoms with E-state index in [1.807, 2.05) is 23.1 Å². The summed E-state index contributed by atoms with van der Waals surface area (Å²) in [5.74, 6) is 0.573. The van der Waals surface area contributed by atoms with E-state index in [2.05, 4.69) is 27.1 Å². The van der Waals surface area contributed by atoms with E-state index in [0.29, 0.717) is 19.0 Å². The molecule has 164 valence electrons. The van der Waals surface area contributed by atoms with Gasteiger partial charge in [0.1, 0.15) is 18.3 Å². The zero-order valence-corrected chi connectivity index (χ0v) is 16.6. The zero-order chi connectivity index (χ0) is 21.7. The van der Waals surface area contributed by atoms with Gasteiger partial charge >= 0.3 is 0 Å². The minimum absolute atomic E-state index is 0.0603. The van der Waals surface area contributed by atoms with E-state index >= 15 is 0 Å². The highest BCUT2D eigenvalue weighted by Gasteiger charge is 2.46. The summed E-state index contributed by atoms with van der Waals surface area (Å²) in [6.07, 6.45) is -3.81. The third-order valence-electron chi connectivity index (χ3n) is 6.06. The number of aromatic amines is 1. The molecule has 6 N–H and O–H groups in total. The highest BCUT2D eigenvalue weighted by molar-refractivity contribution is 5.75. The van der Waals surface area contributed by atoms with Crippen molar-refractivity contribution in [2.45, 2.75) is 36.9 Å². The average molecular weight is 428 g/mol. The van der Waals surface area contributed by atoms with Crippen LogP contribution in [0.15, 0.2) is 35.1 Å². The number of nitrogens with two attached hydrogens (primary N) is 1. The number of rotatable bonds is 4. The molecule has 5 rings (SSSR count). The Morgan fingerprint density at radius 1 is 1.19 bits per heavy atom. The predicted molar refractivity (Wildman–Crippen MR) is 112 cm³/mol. The molecule has 2 saturated heterocycles. The Bertz CT molecular complexity index is 1150. The molecule has 0 spiro atoms. The van der Waals surface area contributed by atoms with Crippen molar-refractivity contribution in [2.24, 2.45) is 0 Å². The lowest BCUT2D eigenvalue weighted by molar-refractivity contribution is -0.0504. The number of nitrogen functional groups attached to an aromatic ring is 1. The van der Waals surface area contributed by atoms with E-state index in [-0.39, 0.29) is 23.0 Å². The van der Waals surface area contributed by atoms with Gasteiger partial charge in [0.05, 0.1) is 6.61 Å². The number of H-pyrrole nitrogens is 1. The lowest BCUT2D eigenvalue weighted by atomic mass is 9.99. The summed E-state index contributed by atoms with van der Waals surface area (Å²) in [6.45, 7) is 0.854. The normalized spacial score (nSPS) is 28.6. The molecule has 5 atom stereocenters. The molecule has 1 aromatic carbocycles. The van der Waals surface area contributed by atoms with Crippen LogP contribution in [0.5, 0.6) is 0 Å². The summed E-state index contributed by atoms with van der Waals surface area (Å²) in [6, 6.07) is 10.1. The number of nitrogens with one attached hydrogen (secondary N) is 1. The van der Waals surface area contributed by atoms with Crippen LogP contribution in [0.1, 0.15) is 24.1 Å². The number of aromatic nitrogens is 4. The first-order valence-corrected chi connectivity index (χ1v) is 10.2. The maximum absolute atomic E-state index is 12.5. The molecule has 31 heavy (non-hydrogen) atoms. The lowest BCUT2D eigenvalue weighted by Crippen LogP contribution is -2.34. The van der Waals surface area contributed by atoms with Gasteiger partial charge in [0.25, 0.3) is 5.56 Å². The second kappa shape index (κ2) is 7.61. The van der Waals surface area contributed by atoms with Crippen molar-refractivity contribution in [3.8, 4) is 0 Å². The van der Waals surface area contributed by atoms with Crippen LogP contribution in [0.2, 0.25) is 0 Å². The van der Waals surface area contributed by atoms with E-state index in [1.54, 1.807) is 0 Å². The van der Waals surface area contributed by atoms with E-state index in [1.165, 1.54) is 10.1 Å². The Hall–Kier alpha value is -2.99. The van der Waals surface area contributed by atoms with Crippen molar-refractivity contribution < 1.29 is 20.1 Å². The molecule has 0 saturated carbocycles. The van der Waals surface area contributed by atoms with Crippen molar-refractivity contribution in [2.75, 3.05) is 30.3 Å². The van der Waals surface area contributed by atoms with E-state index in [0.717, 1.165) is 6.42 Å². The number of ether oxygens (including phenoxy) is 1. The number of fused-ring (bicyclic) bond motifs is 1. The van der Waals surface area contributed by atoms with Crippen LogP contribution in [0, 0.1) is 0 Å². The van der Waals surface area contributed by atoms with Crippen molar-refractivity contribution in [3.05, 3.63) is 46.2 Å². The summed E-state index contributed by atoms with van der Waals surface area (Å²) in [4.78, 5) is 25.7. The molecule has 2 aliphatic rings. The Morgan fingerprint density at radius 3 is 2.68 bits per heavy atom. The van der Waals surface area contributed by atoms with Gasteiger partial charge in [-0.15, -0.1) is 0 Å². The Kier molecular flexibility index (Phi) is 4.89. The van der Waals surface area contributed by atoms with Gasteiger partial charge in [-0.25, -0.2) is 4.98 Å². The highest BCUT2D eigenvalue weighted by atomic mass is 16.6. The molecule has 4 heterocycles. The second-order valence-corrected chi connectivity index (χ2v) is 7.98. The molecular weight excluding hydrogens is 404 g/mol.